The molecule has 1 atom stereocenters. The third kappa shape index (κ3) is 10.7. The minimum absolute atomic E-state index is 0.0608. The smallest absolute Gasteiger partial charge is 0.404 e. The summed E-state index contributed by atoms with van der Waals surface area (Å²) in [6.45, 7) is 2.35. The monoisotopic (exact) mass is 749 g/mol. The zero-order chi connectivity index (χ0) is 38.9. The third-order valence-electron chi connectivity index (χ3n) is 11.0. The summed E-state index contributed by atoms with van der Waals surface area (Å²) < 4.78 is 0. The van der Waals surface area contributed by atoms with Gasteiger partial charge in [0.1, 0.15) is 6.04 Å². The van der Waals surface area contributed by atoms with Gasteiger partial charge in [-0.05, 0) is 142 Å². The third-order valence-corrected chi connectivity index (χ3v) is 11.0. The van der Waals surface area contributed by atoms with Gasteiger partial charge in [0.15, 0.2) is 0 Å². The lowest BCUT2D eigenvalue weighted by Gasteiger charge is -2.33. The van der Waals surface area contributed by atoms with Crippen molar-refractivity contribution in [3.63, 3.8) is 0 Å². The van der Waals surface area contributed by atoms with E-state index in [9.17, 15) is 19.2 Å². The minimum atomic E-state index is -1.05. The molecule has 0 bridgehead atoms. The van der Waals surface area contributed by atoms with Gasteiger partial charge in [0.25, 0.3) is 5.91 Å². The van der Waals surface area contributed by atoms with E-state index in [2.05, 4.69) is 67.0 Å². The highest BCUT2D eigenvalue weighted by Gasteiger charge is 2.30. The molecule has 1 heterocycles. The SMILES string of the molecule is Cc1cc(C(=O)NC2CCC(N(C)C)CC2)cc(-c2ccc(C[C@H](NC(=O)[C@H]3CC[C@H](CNC(=O)O)CC3)C(=O)Nc3ccc(-c4nn[nH]n4)cc3)cc2)c1. The molecule has 2 aliphatic carbocycles. The van der Waals surface area contributed by atoms with Crippen LogP contribution in [0.5, 0.6) is 0 Å². The highest BCUT2D eigenvalue weighted by molar-refractivity contribution is 5.98. The maximum atomic E-state index is 13.8. The molecule has 4 aromatic rings. The van der Waals surface area contributed by atoms with Gasteiger partial charge in [0, 0.05) is 47.8 Å². The van der Waals surface area contributed by atoms with E-state index in [4.69, 9.17) is 5.11 Å². The summed E-state index contributed by atoms with van der Waals surface area (Å²) in [7, 11) is 4.22. The van der Waals surface area contributed by atoms with E-state index < -0.39 is 12.1 Å². The fraction of sp³-hybridized carbons (Fsp3) is 0.439. The molecule has 14 nitrogen and oxygen atoms in total. The number of carbonyl (C=O) groups excluding carboxylic acids is 3. The Bertz CT molecular complexity index is 1920. The molecular weight excluding hydrogens is 699 g/mol. The molecule has 1 aromatic heterocycles. The van der Waals surface area contributed by atoms with Crippen LogP contribution in [0.25, 0.3) is 22.5 Å². The quantitative estimate of drug-likeness (QED) is 0.107. The van der Waals surface area contributed by atoms with Crippen molar-refractivity contribution in [1.82, 2.24) is 41.5 Å². The topological polar surface area (TPSA) is 194 Å². The van der Waals surface area contributed by atoms with E-state index in [0.717, 1.165) is 66.3 Å². The van der Waals surface area contributed by atoms with Gasteiger partial charge in [-0.25, -0.2) is 4.79 Å². The predicted molar refractivity (Wildman–Crippen MR) is 209 cm³/mol. The number of aromatic amines is 1. The number of carbonyl (C=O) groups is 4. The Labute approximate surface area is 321 Å². The number of tetrazole rings is 1. The van der Waals surface area contributed by atoms with Crippen molar-refractivity contribution in [3.8, 4) is 22.5 Å². The lowest BCUT2D eigenvalue weighted by atomic mass is 9.81. The molecule has 0 radical (unpaired) electrons. The molecule has 0 spiro atoms. The van der Waals surface area contributed by atoms with Gasteiger partial charge in [0.2, 0.25) is 17.6 Å². The average molecular weight is 750 g/mol. The maximum absolute atomic E-state index is 13.8. The Morgan fingerprint density at radius 1 is 0.855 bits per heavy atom. The Morgan fingerprint density at radius 3 is 2.18 bits per heavy atom. The number of anilines is 1. The first-order valence-corrected chi connectivity index (χ1v) is 19.1. The molecule has 290 valence electrons. The Hall–Kier alpha value is -5.63. The van der Waals surface area contributed by atoms with Crippen LogP contribution in [-0.4, -0.2) is 93.2 Å². The van der Waals surface area contributed by atoms with Gasteiger partial charge in [-0.15, -0.1) is 10.2 Å². The van der Waals surface area contributed by atoms with Crippen LogP contribution in [-0.2, 0) is 16.0 Å². The Kier molecular flexibility index (Phi) is 12.9. The molecule has 2 aliphatic rings. The summed E-state index contributed by atoms with van der Waals surface area (Å²) in [5.74, 6) is -0.259. The maximum Gasteiger partial charge on any atom is 0.404 e. The molecule has 0 saturated heterocycles. The molecule has 14 heteroatoms. The van der Waals surface area contributed by atoms with E-state index in [1.54, 1.807) is 24.3 Å². The van der Waals surface area contributed by atoms with Crippen molar-refractivity contribution >= 4 is 29.5 Å². The van der Waals surface area contributed by atoms with Crippen LogP contribution in [0.4, 0.5) is 10.5 Å². The Morgan fingerprint density at radius 2 is 1.55 bits per heavy atom. The van der Waals surface area contributed by atoms with Crippen molar-refractivity contribution in [2.75, 3.05) is 26.0 Å². The van der Waals surface area contributed by atoms with E-state index in [1.807, 2.05) is 43.3 Å². The number of H-pyrrole nitrogens is 1. The van der Waals surface area contributed by atoms with Crippen LogP contribution in [0.1, 0.15) is 72.9 Å². The van der Waals surface area contributed by atoms with Crippen LogP contribution in [0.15, 0.2) is 66.7 Å². The van der Waals surface area contributed by atoms with Crippen LogP contribution >= 0.6 is 0 Å². The number of nitrogens with zero attached hydrogens (tertiary/aromatic N) is 4. The molecule has 2 fully saturated rings. The second kappa shape index (κ2) is 18.1. The normalized spacial score (nSPS) is 20.3. The van der Waals surface area contributed by atoms with Crippen LogP contribution < -0.4 is 21.3 Å². The van der Waals surface area contributed by atoms with Crippen molar-refractivity contribution in [1.29, 1.82) is 0 Å². The molecule has 0 unspecified atom stereocenters. The predicted octanol–water partition coefficient (Wildman–Crippen LogP) is 5.18. The van der Waals surface area contributed by atoms with Crippen LogP contribution in [0, 0.1) is 18.8 Å². The number of nitrogens with one attached hydrogen (secondary N) is 5. The van der Waals surface area contributed by atoms with Gasteiger partial charge in [0.05, 0.1) is 0 Å². The first-order valence-electron chi connectivity index (χ1n) is 19.1. The molecule has 3 aromatic carbocycles. The van der Waals surface area contributed by atoms with E-state index in [0.29, 0.717) is 42.5 Å². The minimum Gasteiger partial charge on any atom is -0.465 e. The molecule has 6 N–H and O–H groups in total. The van der Waals surface area contributed by atoms with Gasteiger partial charge < -0.3 is 31.3 Å². The van der Waals surface area contributed by atoms with E-state index >= 15 is 0 Å². The number of hydrogen-bond acceptors (Lipinski definition) is 8. The molecule has 4 amide bonds. The zero-order valence-electron chi connectivity index (χ0n) is 31.7. The lowest BCUT2D eigenvalue weighted by molar-refractivity contribution is -0.130. The number of amides is 4. The molecule has 0 aliphatic heterocycles. The van der Waals surface area contributed by atoms with Crippen LogP contribution in [0.2, 0.25) is 0 Å². The summed E-state index contributed by atoms with van der Waals surface area (Å²) in [6.07, 6.45) is 5.97. The first-order chi connectivity index (χ1) is 26.5. The van der Waals surface area contributed by atoms with Gasteiger partial charge in [-0.2, -0.15) is 5.21 Å². The van der Waals surface area contributed by atoms with Gasteiger partial charge in [-0.3, -0.25) is 14.4 Å². The van der Waals surface area contributed by atoms with Crippen molar-refractivity contribution in [3.05, 3.63) is 83.4 Å². The molecular formula is C41H51N9O5. The summed E-state index contributed by atoms with van der Waals surface area (Å²) in [5, 5.41) is 34.6. The summed E-state index contributed by atoms with van der Waals surface area (Å²) in [6, 6.07) is 20.7. The fourth-order valence-corrected chi connectivity index (χ4v) is 7.73. The first kappa shape index (κ1) is 39.1. The highest BCUT2D eigenvalue weighted by atomic mass is 16.4. The van der Waals surface area contributed by atoms with E-state index in [1.165, 1.54) is 0 Å². The number of aryl methyl sites for hydroxylation is 1. The summed E-state index contributed by atoms with van der Waals surface area (Å²) in [4.78, 5) is 53.9. The second-order valence-electron chi connectivity index (χ2n) is 15.2. The molecule has 6 rings (SSSR count). The molecule has 2 saturated carbocycles. The number of carboxylic acid groups (broad SMARTS) is 1. The Balaban J connectivity index is 1.13. The molecule has 55 heavy (non-hydrogen) atoms. The zero-order valence-corrected chi connectivity index (χ0v) is 31.7. The van der Waals surface area contributed by atoms with Crippen molar-refractivity contribution < 1.29 is 24.3 Å². The summed E-state index contributed by atoms with van der Waals surface area (Å²) in [5.41, 5.74) is 5.63. The number of hydrogen-bond donors (Lipinski definition) is 6. The lowest BCUT2D eigenvalue weighted by Crippen LogP contribution is -2.48. The number of aromatic nitrogens is 4. The van der Waals surface area contributed by atoms with Crippen molar-refractivity contribution in [2.45, 2.75) is 82.8 Å². The second-order valence-corrected chi connectivity index (χ2v) is 15.2. The van der Waals surface area contributed by atoms with Gasteiger partial charge >= 0.3 is 6.09 Å². The number of rotatable bonds is 13. The average Bonchev–Trinajstić information content (AvgIpc) is 3.73. The largest absolute Gasteiger partial charge is 0.465 e. The van der Waals surface area contributed by atoms with Gasteiger partial charge in [-0.1, -0.05) is 30.3 Å². The van der Waals surface area contributed by atoms with Crippen LogP contribution in [0.3, 0.4) is 0 Å². The number of benzene rings is 3. The standard InChI is InChI=1S/C41H51N9O5/c1-25-20-31(23-32(21-25)39(52)43-34-16-18-35(19-17-34)50(2)3)28-8-4-26(5-9-28)22-36(45-38(51)30-10-6-27(7-11-30)24-42-41(54)55)40(53)44-33-14-12-29(13-15-33)37-46-48-49-47-37/h4-5,8-9,12-15,20-21,23,27,30,34-36,42H,6-7,10-11,16-19,22,24H2,1-3H3,(H,43,52)(H,44,53)(H,45,51)(H,54,55)(H,46,47,48,49)/t27-,30-,34?,35?,36-/m0/s1. The van der Waals surface area contributed by atoms with E-state index in [-0.39, 0.29) is 42.0 Å². The van der Waals surface area contributed by atoms with Crippen molar-refractivity contribution in [2.24, 2.45) is 11.8 Å². The fourth-order valence-electron chi connectivity index (χ4n) is 7.73. The summed E-state index contributed by atoms with van der Waals surface area (Å²) >= 11 is 0. The highest BCUT2D eigenvalue weighted by Crippen LogP contribution is 2.29.